The van der Waals surface area contributed by atoms with Crippen molar-refractivity contribution in [3.05, 3.63) is 57.0 Å². The topological polar surface area (TPSA) is 103 Å². The van der Waals surface area contributed by atoms with Crippen molar-refractivity contribution in [2.45, 2.75) is 20.5 Å². The Bertz CT molecular complexity index is 703. The molecule has 0 saturated carbocycles. The summed E-state index contributed by atoms with van der Waals surface area (Å²) < 4.78 is 10.3. The molecule has 0 amide bonds. The van der Waals surface area contributed by atoms with Gasteiger partial charge >= 0.3 is 11.7 Å². The molecular weight excluding hydrogens is 278 g/mol. The number of carboxylic acids is 1. The number of nitro groups is 1. The molecule has 7 nitrogen and oxygen atoms in total. The monoisotopic (exact) mass is 291 g/mol. The Morgan fingerprint density at radius 3 is 2.76 bits per heavy atom. The van der Waals surface area contributed by atoms with E-state index in [1.54, 1.807) is 19.9 Å². The lowest BCUT2D eigenvalue weighted by Crippen LogP contribution is -2.05. The Hall–Kier alpha value is -2.83. The summed E-state index contributed by atoms with van der Waals surface area (Å²) in [7, 11) is 0. The van der Waals surface area contributed by atoms with Crippen LogP contribution in [0.25, 0.3) is 0 Å². The number of nitrogens with zero attached hydrogens (tertiary/aromatic N) is 1. The number of rotatable bonds is 5. The third-order valence-corrected chi connectivity index (χ3v) is 2.91. The van der Waals surface area contributed by atoms with Gasteiger partial charge in [0.2, 0.25) is 5.76 Å². The Morgan fingerprint density at radius 2 is 2.14 bits per heavy atom. The molecule has 0 aliphatic rings. The fourth-order valence-electron chi connectivity index (χ4n) is 2.04. The molecule has 1 aromatic carbocycles. The van der Waals surface area contributed by atoms with Crippen LogP contribution in [-0.4, -0.2) is 16.0 Å². The molecule has 2 aromatic rings. The minimum atomic E-state index is -1.21. The highest BCUT2D eigenvalue weighted by molar-refractivity contribution is 5.86. The molecule has 1 N–H and O–H groups in total. The van der Waals surface area contributed by atoms with Crippen molar-refractivity contribution in [3.63, 3.8) is 0 Å². The number of carbonyl (C=O) groups is 1. The van der Waals surface area contributed by atoms with Gasteiger partial charge in [-0.2, -0.15) is 0 Å². The molecule has 110 valence electrons. The average Bonchev–Trinajstić information content (AvgIpc) is 2.85. The smallest absolute Gasteiger partial charge is 0.372 e. The Labute approximate surface area is 119 Å². The molecule has 1 aromatic heterocycles. The van der Waals surface area contributed by atoms with Gasteiger partial charge in [-0.1, -0.05) is 6.07 Å². The van der Waals surface area contributed by atoms with E-state index in [9.17, 15) is 14.9 Å². The normalized spacial score (nSPS) is 10.4. The zero-order chi connectivity index (χ0) is 15.6. The maximum absolute atomic E-state index is 11.1. The van der Waals surface area contributed by atoms with Crippen LogP contribution in [0.5, 0.6) is 5.75 Å². The average molecular weight is 291 g/mol. The van der Waals surface area contributed by atoms with E-state index in [4.69, 9.17) is 14.3 Å². The van der Waals surface area contributed by atoms with Crippen molar-refractivity contribution in [1.29, 1.82) is 0 Å². The summed E-state index contributed by atoms with van der Waals surface area (Å²) in [5, 5.41) is 20.0. The van der Waals surface area contributed by atoms with E-state index >= 15 is 0 Å². The predicted molar refractivity (Wildman–Crippen MR) is 72.6 cm³/mol. The van der Waals surface area contributed by atoms with Crippen LogP contribution in [0.2, 0.25) is 0 Å². The maximum atomic E-state index is 11.1. The van der Waals surface area contributed by atoms with Gasteiger partial charge in [0.15, 0.2) is 5.75 Å². The van der Waals surface area contributed by atoms with Crippen LogP contribution in [0.15, 0.2) is 28.9 Å². The second-order valence-electron chi connectivity index (χ2n) is 4.56. The number of aryl methyl sites for hydroxylation is 2. The number of nitro benzene ring substituents is 1. The highest BCUT2D eigenvalue weighted by Gasteiger charge is 2.20. The summed E-state index contributed by atoms with van der Waals surface area (Å²) in [6, 6.07) is 4.63. The Morgan fingerprint density at radius 1 is 1.43 bits per heavy atom. The molecule has 0 atom stereocenters. The first-order valence-corrected chi connectivity index (χ1v) is 6.08. The van der Waals surface area contributed by atoms with Gasteiger partial charge < -0.3 is 14.3 Å². The molecular formula is C14H13NO6. The van der Waals surface area contributed by atoms with Crippen LogP contribution in [0.3, 0.4) is 0 Å². The van der Waals surface area contributed by atoms with E-state index in [1.807, 2.05) is 0 Å². The van der Waals surface area contributed by atoms with Gasteiger partial charge in [0.1, 0.15) is 6.61 Å². The van der Waals surface area contributed by atoms with E-state index in [0.717, 1.165) is 5.56 Å². The number of ether oxygens (including phenoxy) is 1. The standard InChI is InChI=1S/C14H13NO6/c1-8-5-9(2)12(11(6-8)15(18)19)21-7-10-3-4-20-13(10)14(16)17/h3-6H,7H2,1-2H3,(H,16,17). The predicted octanol–water partition coefficient (Wildman–Crippen LogP) is 3.08. The molecule has 0 aliphatic carbocycles. The van der Waals surface area contributed by atoms with Crippen molar-refractivity contribution >= 4 is 11.7 Å². The van der Waals surface area contributed by atoms with E-state index < -0.39 is 10.9 Å². The second kappa shape index (κ2) is 5.66. The second-order valence-corrected chi connectivity index (χ2v) is 4.56. The molecule has 0 aliphatic heterocycles. The van der Waals surface area contributed by atoms with E-state index in [-0.39, 0.29) is 23.8 Å². The van der Waals surface area contributed by atoms with E-state index in [1.165, 1.54) is 18.4 Å². The van der Waals surface area contributed by atoms with Gasteiger partial charge in [-0.15, -0.1) is 0 Å². The number of hydrogen-bond acceptors (Lipinski definition) is 5. The molecule has 0 unspecified atom stereocenters. The number of hydrogen-bond donors (Lipinski definition) is 1. The summed E-state index contributed by atoms with van der Waals surface area (Å²) in [5.41, 5.74) is 1.53. The SMILES string of the molecule is Cc1cc(C)c(OCc2ccoc2C(=O)O)c([N+](=O)[O-])c1. The number of benzene rings is 1. The Balaban J connectivity index is 2.30. The summed E-state index contributed by atoms with van der Waals surface area (Å²) in [6.45, 7) is 3.33. The first-order valence-electron chi connectivity index (χ1n) is 6.08. The summed E-state index contributed by atoms with van der Waals surface area (Å²) in [6.07, 6.45) is 1.23. The summed E-state index contributed by atoms with van der Waals surface area (Å²) >= 11 is 0. The van der Waals surface area contributed by atoms with Crippen LogP contribution in [-0.2, 0) is 6.61 Å². The zero-order valence-electron chi connectivity index (χ0n) is 11.5. The molecule has 0 radical (unpaired) electrons. The lowest BCUT2D eigenvalue weighted by molar-refractivity contribution is -0.386. The van der Waals surface area contributed by atoms with Crippen molar-refractivity contribution in [2.24, 2.45) is 0 Å². The first-order chi connectivity index (χ1) is 9.90. The molecule has 0 fully saturated rings. The highest BCUT2D eigenvalue weighted by atomic mass is 16.6. The van der Waals surface area contributed by atoms with Crippen molar-refractivity contribution < 1.29 is 24.0 Å². The zero-order valence-corrected chi connectivity index (χ0v) is 11.5. The minimum Gasteiger partial charge on any atom is -0.482 e. The highest BCUT2D eigenvalue weighted by Crippen LogP contribution is 2.32. The van der Waals surface area contributed by atoms with Crippen LogP contribution < -0.4 is 4.74 Å². The molecule has 0 saturated heterocycles. The lowest BCUT2D eigenvalue weighted by atomic mass is 10.1. The van der Waals surface area contributed by atoms with Crippen LogP contribution in [0.1, 0.15) is 27.2 Å². The van der Waals surface area contributed by atoms with Gasteiger partial charge in [-0.25, -0.2) is 4.79 Å². The maximum Gasteiger partial charge on any atom is 0.372 e. The molecule has 7 heteroatoms. The van der Waals surface area contributed by atoms with Gasteiger partial charge in [0, 0.05) is 11.6 Å². The van der Waals surface area contributed by atoms with E-state index in [0.29, 0.717) is 11.1 Å². The number of aromatic carboxylic acids is 1. The lowest BCUT2D eigenvalue weighted by Gasteiger charge is -2.10. The van der Waals surface area contributed by atoms with Gasteiger partial charge in [-0.3, -0.25) is 10.1 Å². The summed E-state index contributed by atoms with van der Waals surface area (Å²) in [5.74, 6) is -1.32. The summed E-state index contributed by atoms with van der Waals surface area (Å²) in [4.78, 5) is 21.5. The van der Waals surface area contributed by atoms with Gasteiger partial charge in [0.05, 0.1) is 11.2 Å². The van der Waals surface area contributed by atoms with Crippen molar-refractivity contribution in [2.75, 3.05) is 0 Å². The number of carboxylic acid groups (broad SMARTS) is 1. The van der Waals surface area contributed by atoms with Gasteiger partial charge in [0.25, 0.3) is 0 Å². The molecule has 2 rings (SSSR count). The Kier molecular flexibility index (Phi) is 3.93. The van der Waals surface area contributed by atoms with Crippen molar-refractivity contribution in [1.82, 2.24) is 0 Å². The van der Waals surface area contributed by atoms with Crippen LogP contribution >= 0.6 is 0 Å². The third-order valence-electron chi connectivity index (χ3n) is 2.91. The van der Waals surface area contributed by atoms with Crippen molar-refractivity contribution in [3.8, 4) is 5.75 Å². The fourth-order valence-corrected chi connectivity index (χ4v) is 2.04. The largest absolute Gasteiger partial charge is 0.482 e. The van der Waals surface area contributed by atoms with Gasteiger partial charge in [-0.05, 0) is 31.0 Å². The number of furan rings is 1. The molecule has 1 heterocycles. The van der Waals surface area contributed by atoms with Crippen LogP contribution in [0.4, 0.5) is 5.69 Å². The molecule has 0 spiro atoms. The third kappa shape index (κ3) is 3.02. The molecule has 0 bridgehead atoms. The minimum absolute atomic E-state index is 0.122. The van der Waals surface area contributed by atoms with Crippen LogP contribution in [0, 0.1) is 24.0 Å². The molecule has 21 heavy (non-hydrogen) atoms. The fraction of sp³-hybridized carbons (Fsp3) is 0.214. The first kappa shape index (κ1) is 14.6. The van der Waals surface area contributed by atoms with E-state index in [2.05, 4.69) is 0 Å². The quantitative estimate of drug-likeness (QED) is 0.670.